The van der Waals surface area contributed by atoms with E-state index in [0.717, 1.165) is 31.5 Å². The second kappa shape index (κ2) is 7.68. The normalized spacial score (nSPS) is 13.6. The summed E-state index contributed by atoms with van der Waals surface area (Å²) in [5.41, 5.74) is 7.31. The molecule has 0 aliphatic rings. The molecule has 0 aliphatic heterocycles. The van der Waals surface area contributed by atoms with E-state index in [-0.39, 0.29) is 11.9 Å². The highest BCUT2D eigenvalue weighted by Crippen LogP contribution is 2.05. The Morgan fingerprint density at radius 3 is 2.94 bits per heavy atom. The molecule has 0 amide bonds. The summed E-state index contributed by atoms with van der Waals surface area (Å²) in [4.78, 5) is 0. The van der Waals surface area contributed by atoms with E-state index in [1.165, 1.54) is 0 Å². The van der Waals surface area contributed by atoms with E-state index in [1.54, 1.807) is 13.0 Å². The first-order valence-electron chi connectivity index (χ1n) is 6.09. The number of benzene rings is 1. The third kappa shape index (κ3) is 5.16. The molecule has 0 saturated heterocycles. The van der Waals surface area contributed by atoms with E-state index >= 15 is 0 Å². The first kappa shape index (κ1) is 14.5. The number of rotatable bonds is 7. The molecule has 18 heavy (non-hydrogen) atoms. The van der Waals surface area contributed by atoms with Crippen LogP contribution in [0.3, 0.4) is 0 Å². The van der Waals surface area contributed by atoms with Crippen molar-refractivity contribution in [2.45, 2.75) is 32.4 Å². The van der Waals surface area contributed by atoms with Gasteiger partial charge in [-0.15, -0.1) is 0 Å². The maximum absolute atomic E-state index is 9.11. The van der Waals surface area contributed by atoms with Crippen LogP contribution in [0.2, 0.25) is 0 Å². The lowest BCUT2D eigenvalue weighted by Gasteiger charge is -2.07. The Labute approximate surface area is 107 Å². The molecule has 5 nitrogen and oxygen atoms in total. The van der Waals surface area contributed by atoms with Crippen LogP contribution in [-0.2, 0) is 6.54 Å². The minimum atomic E-state index is -0.240. The summed E-state index contributed by atoms with van der Waals surface area (Å²) in [5, 5.41) is 24.0. The second-order valence-electron chi connectivity index (χ2n) is 4.35. The molecule has 1 atom stereocenters. The van der Waals surface area contributed by atoms with Gasteiger partial charge in [-0.3, -0.25) is 0 Å². The molecule has 1 aromatic rings. The first-order valence-corrected chi connectivity index (χ1v) is 6.09. The summed E-state index contributed by atoms with van der Waals surface area (Å²) in [7, 11) is 0. The number of nitrogens with zero attached hydrogens (tertiary/aromatic N) is 1. The highest BCUT2D eigenvalue weighted by atomic mass is 16.4. The molecule has 1 unspecified atom stereocenters. The molecule has 1 aromatic carbocycles. The number of nitrogens with two attached hydrogens (primary N) is 1. The van der Waals surface area contributed by atoms with Crippen LogP contribution >= 0.6 is 0 Å². The molecule has 0 fully saturated rings. The first-order chi connectivity index (χ1) is 8.63. The third-order valence-electron chi connectivity index (χ3n) is 2.64. The van der Waals surface area contributed by atoms with Gasteiger partial charge in [-0.05, 0) is 37.9 Å². The maximum Gasteiger partial charge on any atom is 0.170 e. The standard InChI is InChI=1S/C13H21N3O2/c1-10(17)4-3-7-15-9-11-5-2-6-12(8-11)13(14)16-18/h2,5-6,8,10,15,17-18H,3-4,7,9H2,1H3,(H2,14,16). The average Bonchev–Trinajstić information content (AvgIpc) is 2.37. The molecule has 100 valence electrons. The van der Waals surface area contributed by atoms with Crippen LogP contribution in [0.5, 0.6) is 0 Å². The lowest BCUT2D eigenvalue weighted by molar-refractivity contribution is 0.181. The molecule has 1 rings (SSSR count). The molecule has 0 bridgehead atoms. The molecule has 0 heterocycles. The van der Waals surface area contributed by atoms with Crippen LogP contribution < -0.4 is 11.1 Å². The Kier molecular flexibility index (Phi) is 6.18. The number of oxime groups is 1. The van der Waals surface area contributed by atoms with Crippen molar-refractivity contribution < 1.29 is 10.3 Å². The van der Waals surface area contributed by atoms with Gasteiger partial charge in [0.25, 0.3) is 0 Å². The zero-order valence-corrected chi connectivity index (χ0v) is 10.6. The molecule has 5 N–H and O–H groups in total. The predicted octanol–water partition coefficient (Wildman–Crippen LogP) is 1.03. The van der Waals surface area contributed by atoms with Crippen molar-refractivity contribution in [2.24, 2.45) is 10.9 Å². The number of hydrogen-bond donors (Lipinski definition) is 4. The van der Waals surface area contributed by atoms with Gasteiger partial charge in [0.15, 0.2) is 5.84 Å². The smallest absolute Gasteiger partial charge is 0.170 e. The maximum atomic E-state index is 9.11. The molecular formula is C13H21N3O2. The van der Waals surface area contributed by atoms with Gasteiger partial charge in [-0.1, -0.05) is 23.4 Å². The molecule has 0 aromatic heterocycles. The Morgan fingerprint density at radius 1 is 1.50 bits per heavy atom. The minimum absolute atomic E-state index is 0.117. The summed E-state index contributed by atoms with van der Waals surface area (Å²) < 4.78 is 0. The number of amidine groups is 1. The summed E-state index contributed by atoms with van der Waals surface area (Å²) in [5.74, 6) is 0.117. The third-order valence-corrected chi connectivity index (χ3v) is 2.64. The molecule has 0 spiro atoms. The van der Waals surface area contributed by atoms with Gasteiger partial charge < -0.3 is 21.4 Å². The van der Waals surface area contributed by atoms with Crippen LogP contribution in [0.4, 0.5) is 0 Å². The van der Waals surface area contributed by atoms with Crippen LogP contribution in [-0.4, -0.2) is 28.8 Å². The van der Waals surface area contributed by atoms with Gasteiger partial charge in [-0.25, -0.2) is 0 Å². The van der Waals surface area contributed by atoms with Crippen molar-refractivity contribution in [2.75, 3.05) is 6.54 Å². The largest absolute Gasteiger partial charge is 0.409 e. The summed E-state index contributed by atoms with van der Waals surface area (Å²) in [6, 6.07) is 7.54. The zero-order valence-electron chi connectivity index (χ0n) is 10.6. The van der Waals surface area contributed by atoms with E-state index < -0.39 is 0 Å². The fraction of sp³-hybridized carbons (Fsp3) is 0.462. The fourth-order valence-electron chi connectivity index (χ4n) is 1.65. The van der Waals surface area contributed by atoms with Crippen molar-refractivity contribution in [3.05, 3.63) is 35.4 Å². The lowest BCUT2D eigenvalue weighted by atomic mass is 10.1. The number of nitrogens with one attached hydrogen (secondary N) is 1. The van der Waals surface area contributed by atoms with E-state index in [2.05, 4.69) is 10.5 Å². The monoisotopic (exact) mass is 251 g/mol. The zero-order chi connectivity index (χ0) is 13.4. The van der Waals surface area contributed by atoms with E-state index in [4.69, 9.17) is 16.0 Å². The minimum Gasteiger partial charge on any atom is -0.409 e. The Bertz CT molecular complexity index is 392. The highest BCUT2D eigenvalue weighted by molar-refractivity contribution is 5.97. The Morgan fingerprint density at radius 2 is 2.28 bits per heavy atom. The van der Waals surface area contributed by atoms with Crippen molar-refractivity contribution in [1.82, 2.24) is 5.32 Å². The SMILES string of the molecule is CC(O)CCCNCc1cccc(/C(N)=N/O)c1. The van der Waals surface area contributed by atoms with E-state index in [1.807, 2.05) is 18.2 Å². The lowest BCUT2D eigenvalue weighted by Crippen LogP contribution is -2.17. The number of hydrogen-bond acceptors (Lipinski definition) is 4. The molecule has 5 heteroatoms. The van der Waals surface area contributed by atoms with E-state index in [0.29, 0.717) is 5.56 Å². The van der Waals surface area contributed by atoms with Crippen LogP contribution in [0.15, 0.2) is 29.4 Å². The number of aliphatic hydroxyl groups excluding tert-OH is 1. The highest BCUT2D eigenvalue weighted by Gasteiger charge is 2.00. The van der Waals surface area contributed by atoms with Gasteiger partial charge in [-0.2, -0.15) is 0 Å². The summed E-state index contributed by atoms with van der Waals surface area (Å²) >= 11 is 0. The molecule has 0 saturated carbocycles. The van der Waals surface area contributed by atoms with Crippen molar-refractivity contribution in [3.63, 3.8) is 0 Å². The summed E-state index contributed by atoms with van der Waals surface area (Å²) in [6.07, 6.45) is 1.50. The van der Waals surface area contributed by atoms with Crippen LogP contribution in [0, 0.1) is 0 Å². The van der Waals surface area contributed by atoms with Crippen molar-refractivity contribution in [3.8, 4) is 0 Å². The van der Waals surface area contributed by atoms with Crippen molar-refractivity contribution in [1.29, 1.82) is 0 Å². The second-order valence-corrected chi connectivity index (χ2v) is 4.35. The average molecular weight is 251 g/mol. The Hall–Kier alpha value is -1.59. The van der Waals surface area contributed by atoms with Gasteiger partial charge in [0, 0.05) is 12.1 Å². The Balaban J connectivity index is 2.39. The molecular weight excluding hydrogens is 230 g/mol. The quantitative estimate of drug-likeness (QED) is 0.191. The van der Waals surface area contributed by atoms with Crippen LogP contribution in [0.25, 0.3) is 0 Å². The van der Waals surface area contributed by atoms with Gasteiger partial charge in [0.05, 0.1) is 6.10 Å². The fourth-order valence-corrected chi connectivity index (χ4v) is 1.65. The summed E-state index contributed by atoms with van der Waals surface area (Å²) in [6.45, 7) is 3.38. The number of aliphatic hydroxyl groups is 1. The predicted molar refractivity (Wildman–Crippen MR) is 71.6 cm³/mol. The van der Waals surface area contributed by atoms with Crippen LogP contribution in [0.1, 0.15) is 30.9 Å². The molecule has 0 aliphatic carbocycles. The van der Waals surface area contributed by atoms with Gasteiger partial charge in [0.1, 0.15) is 0 Å². The molecule has 0 radical (unpaired) electrons. The topological polar surface area (TPSA) is 90.9 Å². The van der Waals surface area contributed by atoms with Gasteiger partial charge >= 0.3 is 0 Å². The van der Waals surface area contributed by atoms with Gasteiger partial charge in [0.2, 0.25) is 0 Å². The van der Waals surface area contributed by atoms with E-state index in [9.17, 15) is 0 Å². The van der Waals surface area contributed by atoms with Crippen molar-refractivity contribution >= 4 is 5.84 Å².